The van der Waals surface area contributed by atoms with Crippen molar-refractivity contribution in [1.82, 2.24) is 14.6 Å². The van der Waals surface area contributed by atoms with Crippen LogP contribution in [0.15, 0.2) is 97.3 Å². The summed E-state index contributed by atoms with van der Waals surface area (Å²) >= 11 is 0. The lowest BCUT2D eigenvalue weighted by Gasteiger charge is -2.08. The van der Waals surface area contributed by atoms with Crippen molar-refractivity contribution >= 4 is 17.0 Å². The van der Waals surface area contributed by atoms with Gasteiger partial charge in [-0.2, -0.15) is 5.10 Å². The average molecular weight is 380 g/mol. The van der Waals surface area contributed by atoms with Crippen molar-refractivity contribution in [3.8, 4) is 22.4 Å². The summed E-state index contributed by atoms with van der Waals surface area (Å²) in [6.07, 6.45) is 3.69. The van der Waals surface area contributed by atoms with Crippen LogP contribution < -0.4 is 5.32 Å². The maximum atomic E-state index is 13.4. The molecule has 4 nitrogen and oxygen atoms in total. The zero-order valence-electron chi connectivity index (χ0n) is 15.5. The van der Waals surface area contributed by atoms with Gasteiger partial charge in [-0.3, -0.25) is 0 Å². The molecule has 3 aromatic heterocycles. The predicted octanol–water partition coefficient (Wildman–Crippen LogP) is 5.95. The number of aromatic nitrogens is 3. The van der Waals surface area contributed by atoms with Gasteiger partial charge in [-0.05, 0) is 66.2 Å². The standard InChI is InChI=1S/C24H17FN4/c25-19-11-9-17(10-12-19)24-23(21-8-4-5-15-29(21)28-24)18-13-14-26-22(16-18)27-20-6-2-1-3-7-20/h1-16H,(H,26,27). The highest BCUT2D eigenvalue weighted by Crippen LogP contribution is 2.36. The van der Waals surface area contributed by atoms with Crippen LogP contribution in [0.3, 0.4) is 0 Å². The third kappa shape index (κ3) is 3.34. The van der Waals surface area contributed by atoms with Crippen LogP contribution in [0.1, 0.15) is 0 Å². The summed E-state index contributed by atoms with van der Waals surface area (Å²) in [5.74, 6) is 0.478. The fraction of sp³-hybridized carbons (Fsp3) is 0. The Labute approximate surface area is 167 Å². The molecule has 0 amide bonds. The molecular weight excluding hydrogens is 363 g/mol. The van der Waals surface area contributed by atoms with E-state index < -0.39 is 0 Å². The maximum absolute atomic E-state index is 13.4. The Kier molecular flexibility index (Phi) is 4.26. The Morgan fingerprint density at radius 2 is 1.59 bits per heavy atom. The van der Waals surface area contributed by atoms with E-state index in [9.17, 15) is 4.39 Å². The number of benzene rings is 2. The average Bonchev–Trinajstić information content (AvgIpc) is 3.15. The number of nitrogens with one attached hydrogen (secondary N) is 1. The second-order valence-electron chi connectivity index (χ2n) is 6.68. The van der Waals surface area contributed by atoms with Crippen molar-refractivity contribution in [3.05, 3.63) is 103 Å². The van der Waals surface area contributed by atoms with Crippen LogP contribution >= 0.6 is 0 Å². The van der Waals surface area contributed by atoms with Gasteiger partial charge in [0.2, 0.25) is 0 Å². The first-order valence-corrected chi connectivity index (χ1v) is 9.30. The van der Waals surface area contributed by atoms with Crippen LogP contribution in [0.5, 0.6) is 0 Å². The number of anilines is 2. The molecule has 0 unspecified atom stereocenters. The van der Waals surface area contributed by atoms with E-state index in [-0.39, 0.29) is 5.82 Å². The van der Waals surface area contributed by atoms with Gasteiger partial charge in [-0.1, -0.05) is 24.3 Å². The van der Waals surface area contributed by atoms with E-state index >= 15 is 0 Å². The second kappa shape index (κ2) is 7.20. The van der Waals surface area contributed by atoms with Gasteiger partial charge in [-0.15, -0.1) is 0 Å². The number of pyridine rings is 2. The first kappa shape index (κ1) is 17.1. The number of hydrogen-bond acceptors (Lipinski definition) is 3. The van der Waals surface area contributed by atoms with Crippen molar-refractivity contribution in [3.63, 3.8) is 0 Å². The molecule has 0 saturated heterocycles. The van der Waals surface area contributed by atoms with Gasteiger partial charge < -0.3 is 5.32 Å². The van der Waals surface area contributed by atoms with Crippen molar-refractivity contribution in [2.75, 3.05) is 5.32 Å². The van der Waals surface area contributed by atoms with Crippen LogP contribution in [0, 0.1) is 5.82 Å². The van der Waals surface area contributed by atoms with Gasteiger partial charge in [0.05, 0.1) is 5.52 Å². The van der Waals surface area contributed by atoms with Gasteiger partial charge >= 0.3 is 0 Å². The summed E-state index contributed by atoms with van der Waals surface area (Å²) in [6.45, 7) is 0. The minimum absolute atomic E-state index is 0.266. The van der Waals surface area contributed by atoms with E-state index in [1.165, 1.54) is 12.1 Å². The number of nitrogens with zero attached hydrogens (tertiary/aromatic N) is 3. The van der Waals surface area contributed by atoms with Crippen LogP contribution in [0.2, 0.25) is 0 Å². The molecule has 0 aliphatic heterocycles. The Morgan fingerprint density at radius 3 is 2.41 bits per heavy atom. The fourth-order valence-electron chi connectivity index (χ4n) is 3.42. The number of rotatable bonds is 4. The Hall–Kier alpha value is -3.99. The van der Waals surface area contributed by atoms with E-state index in [1.54, 1.807) is 18.3 Å². The highest BCUT2D eigenvalue weighted by atomic mass is 19.1. The molecule has 0 aliphatic rings. The molecule has 5 rings (SSSR count). The van der Waals surface area contributed by atoms with E-state index in [1.807, 2.05) is 71.4 Å². The van der Waals surface area contributed by atoms with E-state index in [0.717, 1.165) is 39.4 Å². The monoisotopic (exact) mass is 380 g/mol. The SMILES string of the molecule is Fc1ccc(-c2nn3ccccc3c2-c2ccnc(Nc3ccccc3)c2)cc1. The van der Waals surface area contributed by atoms with Gasteiger partial charge in [0.15, 0.2) is 0 Å². The van der Waals surface area contributed by atoms with Crippen LogP contribution in [-0.2, 0) is 0 Å². The third-order valence-electron chi connectivity index (χ3n) is 4.75. The lowest BCUT2D eigenvalue weighted by molar-refractivity contribution is 0.628. The molecule has 0 aliphatic carbocycles. The molecule has 3 heterocycles. The van der Waals surface area contributed by atoms with Gasteiger partial charge in [0.25, 0.3) is 0 Å². The summed E-state index contributed by atoms with van der Waals surface area (Å²) in [6, 6.07) is 26.3. The molecule has 0 radical (unpaired) electrons. The largest absolute Gasteiger partial charge is 0.340 e. The highest BCUT2D eigenvalue weighted by molar-refractivity contribution is 5.92. The molecule has 0 spiro atoms. The topological polar surface area (TPSA) is 42.2 Å². The zero-order chi connectivity index (χ0) is 19.6. The summed E-state index contributed by atoms with van der Waals surface area (Å²) in [4.78, 5) is 4.45. The number of fused-ring (bicyclic) bond motifs is 1. The molecule has 5 heteroatoms. The Bertz CT molecular complexity index is 1280. The molecule has 5 aromatic rings. The lowest BCUT2D eigenvalue weighted by atomic mass is 10.0. The molecule has 29 heavy (non-hydrogen) atoms. The molecule has 0 atom stereocenters. The van der Waals surface area contributed by atoms with Crippen LogP contribution in [0.4, 0.5) is 15.9 Å². The van der Waals surface area contributed by atoms with Crippen LogP contribution in [-0.4, -0.2) is 14.6 Å². The smallest absolute Gasteiger partial charge is 0.130 e. The molecule has 1 N–H and O–H groups in total. The summed E-state index contributed by atoms with van der Waals surface area (Å²) < 4.78 is 15.3. The quantitative estimate of drug-likeness (QED) is 0.419. The Balaban J connectivity index is 1.65. The molecule has 0 fully saturated rings. The lowest BCUT2D eigenvalue weighted by Crippen LogP contribution is -1.93. The first-order chi connectivity index (χ1) is 14.3. The fourth-order valence-corrected chi connectivity index (χ4v) is 3.42. The molecule has 0 bridgehead atoms. The van der Waals surface area contributed by atoms with E-state index in [0.29, 0.717) is 0 Å². The third-order valence-corrected chi connectivity index (χ3v) is 4.75. The van der Waals surface area contributed by atoms with E-state index in [2.05, 4.69) is 10.3 Å². The molecular formula is C24H17FN4. The van der Waals surface area contributed by atoms with Gasteiger partial charge in [0, 0.05) is 29.2 Å². The van der Waals surface area contributed by atoms with E-state index in [4.69, 9.17) is 5.10 Å². The number of para-hydroxylation sites is 1. The van der Waals surface area contributed by atoms with Gasteiger partial charge in [-0.25, -0.2) is 13.9 Å². The number of hydrogen-bond donors (Lipinski definition) is 1. The molecule has 140 valence electrons. The first-order valence-electron chi connectivity index (χ1n) is 9.30. The molecule has 2 aromatic carbocycles. The highest BCUT2D eigenvalue weighted by Gasteiger charge is 2.17. The van der Waals surface area contributed by atoms with Gasteiger partial charge in [0.1, 0.15) is 17.3 Å². The van der Waals surface area contributed by atoms with Crippen LogP contribution in [0.25, 0.3) is 27.9 Å². The van der Waals surface area contributed by atoms with Crippen molar-refractivity contribution < 1.29 is 4.39 Å². The van der Waals surface area contributed by atoms with Crippen molar-refractivity contribution in [1.29, 1.82) is 0 Å². The minimum atomic E-state index is -0.266. The zero-order valence-corrected chi connectivity index (χ0v) is 15.5. The molecule has 0 saturated carbocycles. The predicted molar refractivity (Wildman–Crippen MR) is 114 cm³/mol. The normalized spacial score (nSPS) is 10.9. The maximum Gasteiger partial charge on any atom is 0.130 e. The van der Waals surface area contributed by atoms with Crippen molar-refractivity contribution in [2.45, 2.75) is 0 Å². The number of halogens is 1. The summed E-state index contributed by atoms with van der Waals surface area (Å²) in [7, 11) is 0. The minimum Gasteiger partial charge on any atom is -0.340 e. The summed E-state index contributed by atoms with van der Waals surface area (Å²) in [5, 5.41) is 8.09. The second-order valence-corrected chi connectivity index (χ2v) is 6.68. The summed E-state index contributed by atoms with van der Waals surface area (Å²) in [5.41, 5.74) is 5.57. The van der Waals surface area contributed by atoms with Crippen molar-refractivity contribution in [2.24, 2.45) is 0 Å². The Morgan fingerprint density at radius 1 is 0.793 bits per heavy atom.